The average Bonchev–Trinajstić information content (AvgIpc) is 2.93. The van der Waals surface area contributed by atoms with Gasteiger partial charge in [-0.05, 0) is 35.4 Å². The van der Waals surface area contributed by atoms with E-state index in [1.807, 2.05) is 12.1 Å². The Balaban J connectivity index is 0.000000216. The summed E-state index contributed by atoms with van der Waals surface area (Å²) in [5.74, 6) is -2.62. The zero-order valence-corrected chi connectivity index (χ0v) is 20.8. The van der Waals surface area contributed by atoms with Gasteiger partial charge in [-0.25, -0.2) is 9.59 Å². The molecule has 0 atom stereocenters. The molecule has 4 aromatic carbocycles. The van der Waals surface area contributed by atoms with Crippen LogP contribution in [0, 0.1) is 0 Å². The number of carboxylic acid groups (broad SMARTS) is 2. The third-order valence-electron chi connectivity index (χ3n) is 5.09. The minimum Gasteiger partial charge on any atom is -0.507 e. The zero-order chi connectivity index (χ0) is 27.6. The van der Waals surface area contributed by atoms with Crippen LogP contribution in [0.5, 0.6) is 11.5 Å². The number of rotatable bonds is 9. The number of hydrogen-bond acceptors (Lipinski definition) is 6. The number of aromatic hydroxyl groups is 2. The Hall–Kier alpha value is -4.66. The van der Waals surface area contributed by atoms with Crippen molar-refractivity contribution in [1.29, 1.82) is 0 Å². The summed E-state index contributed by atoms with van der Waals surface area (Å²) < 4.78 is 0. The molecule has 6 N–H and O–H groups in total. The van der Waals surface area contributed by atoms with E-state index in [2.05, 4.69) is 59.2 Å². The van der Waals surface area contributed by atoms with E-state index < -0.39 is 11.9 Å². The number of benzene rings is 4. The molecule has 0 aliphatic heterocycles. The third-order valence-corrected chi connectivity index (χ3v) is 5.09. The molecule has 38 heavy (non-hydrogen) atoms. The van der Waals surface area contributed by atoms with Gasteiger partial charge in [-0.2, -0.15) is 0 Å². The molecule has 0 saturated heterocycles. The van der Waals surface area contributed by atoms with E-state index in [1.165, 1.54) is 35.4 Å². The summed E-state index contributed by atoms with van der Waals surface area (Å²) in [6.07, 6.45) is 0. The summed E-state index contributed by atoms with van der Waals surface area (Å²) in [5, 5.41) is 41.5. The number of phenols is 2. The van der Waals surface area contributed by atoms with Crippen LogP contribution in [0.25, 0.3) is 0 Å². The molecule has 0 aliphatic rings. The molecule has 0 bridgehead atoms. The second kappa shape index (κ2) is 16.9. The lowest BCUT2D eigenvalue weighted by atomic mass is 10.2. The van der Waals surface area contributed by atoms with E-state index in [-0.39, 0.29) is 22.6 Å². The SMILES string of the molecule is O=C(O)c1ccccc1O.O=C(O)c1ccccc1O.c1ccc(CNCCNCc2ccccc2)cc1. The van der Waals surface area contributed by atoms with Crippen LogP contribution in [0.3, 0.4) is 0 Å². The van der Waals surface area contributed by atoms with Crippen molar-refractivity contribution in [2.24, 2.45) is 0 Å². The first-order valence-corrected chi connectivity index (χ1v) is 11.9. The Morgan fingerprint density at radius 1 is 0.500 bits per heavy atom. The van der Waals surface area contributed by atoms with Crippen molar-refractivity contribution < 1.29 is 30.0 Å². The maximum atomic E-state index is 10.3. The topological polar surface area (TPSA) is 139 Å². The molecule has 198 valence electrons. The minimum atomic E-state index is -1.11. The second-order valence-corrected chi connectivity index (χ2v) is 7.97. The molecule has 0 saturated carbocycles. The van der Waals surface area contributed by atoms with Gasteiger partial charge in [0, 0.05) is 26.2 Å². The van der Waals surface area contributed by atoms with Crippen molar-refractivity contribution in [2.45, 2.75) is 13.1 Å². The molecule has 0 heterocycles. The standard InChI is InChI=1S/C16H20N2.2C7H6O3/c1-3-7-15(8-4-1)13-17-11-12-18-14-16-9-5-2-6-10-16;2*8-6-4-2-1-3-5(6)7(9)10/h1-10,17-18H,11-14H2;2*1-4,8H,(H,9,10). The Bertz CT molecular complexity index is 1150. The number of hydrogen-bond donors (Lipinski definition) is 6. The van der Waals surface area contributed by atoms with Crippen molar-refractivity contribution in [3.8, 4) is 11.5 Å². The van der Waals surface area contributed by atoms with Crippen LogP contribution in [-0.2, 0) is 13.1 Å². The normalized spacial score (nSPS) is 9.79. The lowest BCUT2D eigenvalue weighted by Gasteiger charge is -2.06. The predicted molar refractivity (Wildman–Crippen MR) is 146 cm³/mol. The van der Waals surface area contributed by atoms with Gasteiger partial charge < -0.3 is 31.1 Å². The summed E-state index contributed by atoms with van der Waals surface area (Å²) in [5.41, 5.74) is 2.53. The number of carbonyl (C=O) groups is 2. The summed E-state index contributed by atoms with van der Waals surface area (Å²) in [6, 6.07) is 32.6. The monoisotopic (exact) mass is 516 g/mol. The van der Waals surface area contributed by atoms with E-state index in [0.717, 1.165) is 26.2 Å². The van der Waals surface area contributed by atoms with Crippen LogP contribution in [-0.4, -0.2) is 45.5 Å². The van der Waals surface area contributed by atoms with E-state index in [4.69, 9.17) is 20.4 Å². The molecule has 0 spiro atoms. The van der Waals surface area contributed by atoms with Crippen LogP contribution in [0.4, 0.5) is 0 Å². The second-order valence-electron chi connectivity index (χ2n) is 7.97. The molecule has 0 fully saturated rings. The summed E-state index contributed by atoms with van der Waals surface area (Å²) in [6.45, 7) is 3.85. The Morgan fingerprint density at radius 2 is 0.816 bits per heavy atom. The highest BCUT2D eigenvalue weighted by Crippen LogP contribution is 2.15. The maximum absolute atomic E-state index is 10.3. The molecule has 0 unspecified atom stereocenters. The Kier molecular flexibility index (Phi) is 13.2. The van der Waals surface area contributed by atoms with Gasteiger partial charge in [0.15, 0.2) is 0 Å². The first kappa shape index (κ1) is 29.6. The number of nitrogens with one attached hydrogen (secondary N) is 2. The Labute approximate surface area is 221 Å². The van der Waals surface area contributed by atoms with Crippen LogP contribution in [0.15, 0.2) is 109 Å². The third kappa shape index (κ3) is 11.4. The smallest absolute Gasteiger partial charge is 0.339 e. The molecular formula is C30H32N2O6. The predicted octanol–water partition coefficient (Wildman–Crippen LogP) is 4.75. The van der Waals surface area contributed by atoms with Crippen LogP contribution in [0.1, 0.15) is 31.8 Å². The van der Waals surface area contributed by atoms with Crippen molar-refractivity contribution in [1.82, 2.24) is 10.6 Å². The van der Waals surface area contributed by atoms with Crippen molar-refractivity contribution in [3.05, 3.63) is 131 Å². The molecule has 4 rings (SSSR count). The first-order valence-electron chi connectivity index (χ1n) is 11.9. The van der Waals surface area contributed by atoms with Gasteiger partial charge in [-0.3, -0.25) is 0 Å². The molecule has 4 aromatic rings. The highest BCUT2D eigenvalue weighted by atomic mass is 16.4. The number of para-hydroxylation sites is 2. The van der Waals surface area contributed by atoms with Crippen molar-refractivity contribution in [2.75, 3.05) is 13.1 Å². The fourth-order valence-electron chi connectivity index (χ4n) is 3.14. The fraction of sp³-hybridized carbons (Fsp3) is 0.133. The van der Waals surface area contributed by atoms with Gasteiger partial charge in [-0.15, -0.1) is 0 Å². The highest BCUT2D eigenvalue weighted by Gasteiger charge is 2.06. The van der Waals surface area contributed by atoms with Gasteiger partial charge in [0.1, 0.15) is 22.6 Å². The molecule has 0 amide bonds. The van der Waals surface area contributed by atoms with Crippen molar-refractivity contribution >= 4 is 11.9 Å². The van der Waals surface area contributed by atoms with Crippen LogP contribution in [0.2, 0.25) is 0 Å². The first-order chi connectivity index (χ1) is 18.4. The molecule has 8 nitrogen and oxygen atoms in total. The van der Waals surface area contributed by atoms with Gasteiger partial charge in [0.2, 0.25) is 0 Å². The van der Waals surface area contributed by atoms with Gasteiger partial charge in [0.05, 0.1) is 0 Å². The quantitative estimate of drug-likeness (QED) is 0.175. The van der Waals surface area contributed by atoms with E-state index >= 15 is 0 Å². The summed E-state index contributed by atoms with van der Waals surface area (Å²) >= 11 is 0. The summed E-state index contributed by atoms with van der Waals surface area (Å²) in [4.78, 5) is 20.5. The molecule has 0 radical (unpaired) electrons. The van der Waals surface area contributed by atoms with Crippen LogP contribution < -0.4 is 10.6 Å². The zero-order valence-electron chi connectivity index (χ0n) is 20.8. The lowest BCUT2D eigenvalue weighted by molar-refractivity contribution is 0.0682. The van der Waals surface area contributed by atoms with Crippen LogP contribution >= 0.6 is 0 Å². The van der Waals surface area contributed by atoms with Crippen molar-refractivity contribution in [3.63, 3.8) is 0 Å². The van der Waals surface area contributed by atoms with Gasteiger partial charge in [0.25, 0.3) is 0 Å². The molecule has 0 aromatic heterocycles. The lowest BCUT2D eigenvalue weighted by Crippen LogP contribution is -2.26. The molecule has 8 heteroatoms. The minimum absolute atomic E-state index is 0.0671. The molecule has 0 aliphatic carbocycles. The Morgan fingerprint density at radius 3 is 1.11 bits per heavy atom. The largest absolute Gasteiger partial charge is 0.507 e. The number of aromatic carboxylic acids is 2. The average molecular weight is 517 g/mol. The van der Waals surface area contributed by atoms with E-state index in [1.54, 1.807) is 24.3 Å². The highest BCUT2D eigenvalue weighted by molar-refractivity contribution is 5.91. The number of carboxylic acids is 2. The molecular weight excluding hydrogens is 484 g/mol. The van der Waals surface area contributed by atoms with Gasteiger partial charge in [-0.1, -0.05) is 84.9 Å². The van der Waals surface area contributed by atoms with E-state index in [0.29, 0.717) is 0 Å². The summed E-state index contributed by atoms with van der Waals surface area (Å²) in [7, 11) is 0. The van der Waals surface area contributed by atoms with Gasteiger partial charge >= 0.3 is 11.9 Å². The maximum Gasteiger partial charge on any atom is 0.339 e. The fourth-order valence-corrected chi connectivity index (χ4v) is 3.14. The van der Waals surface area contributed by atoms with E-state index in [9.17, 15) is 9.59 Å².